The fraction of sp³-hybridized carbons (Fsp3) is 0.571. The van der Waals surface area contributed by atoms with E-state index in [-0.39, 0.29) is 17.9 Å². The molecule has 1 aliphatic rings. The zero-order valence-corrected chi connectivity index (χ0v) is 13.9. The average Bonchev–Trinajstić information content (AvgIpc) is 3.18. The lowest BCUT2D eigenvalue weighted by Crippen LogP contribution is -2.38. The standard InChI is InChI=1S/C14H20N4O4S/c1-3-18-13(4-6-15-18)14-12(5-7-21-14)17-23(19,20)9-11-8-10(2)22-16-11/h4,6,8,12,14,17H,3,5,7,9H2,1-2H3/t12-,14-/m0/s1. The highest BCUT2D eigenvalue weighted by Crippen LogP contribution is 2.29. The minimum absolute atomic E-state index is 0.208. The molecule has 0 aliphatic carbocycles. The first kappa shape index (κ1) is 16.2. The van der Waals surface area contributed by atoms with Crippen LogP contribution in [0, 0.1) is 6.92 Å². The number of aryl methyl sites for hydroxylation is 2. The summed E-state index contributed by atoms with van der Waals surface area (Å²) < 4.78 is 39.9. The SMILES string of the molecule is CCn1nccc1[C@H]1OCC[C@@H]1NS(=O)(=O)Cc1cc(C)on1. The maximum Gasteiger partial charge on any atom is 0.217 e. The Kier molecular flexibility index (Phi) is 4.51. The highest BCUT2D eigenvalue weighted by molar-refractivity contribution is 7.88. The molecule has 3 rings (SSSR count). The Morgan fingerprint density at radius 2 is 2.30 bits per heavy atom. The summed E-state index contributed by atoms with van der Waals surface area (Å²) in [6.07, 6.45) is 1.99. The third kappa shape index (κ3) is 3.62. The van der Waals surface area contributed by atoms with Crippen LogP contribution in [0.4, 0.5) is 0 Å². The smallest absolute Gasteiger partial charge is 0.217 e. The third-order valence-electron chi connectivity index (χ3n) is 3.78. The van der Waals surface area contributed by atoms with E-state index in [4.69, 9.17) is 9.26 Å². The molecule has 126 valence electrons. The number of ether oxygens (including phenoxy) is 1. The molecule has 2 atom stereocenters. The summed E-state index contributed by atoms with van der Waals surface area (Å²) in [6, 6.07) is 3.17. The Morgan fingerprint density at radius 3 is 3.00 bits per heavy atom. The molecule has 0 bridgehead atoms. The van der Waals surface area contributed by atoms with E-state index in [0.717, 1.165) is 5.69 Å². The molecular formula is C14H20N4O4S. The van der Waals surface area contributed by atoms with E-state index in [2.05, 4.69) is 15.0 Å². The summed E-state index contributed by atoms with van der Waals surface area (Å²) in [7, 11) is -3.53. The van der Waals surface area contributed by atoms with Crippen LogP contribution in [0.2, 0.25) is 0 Å². The van der Waals surface area contributed by atoms with Gasteiger partial charge in [-0.15, -0.1) is 0 Å². The molecule has 1 N–H and O–H groups in total. The van der Waals surface area contributed by atoms with Crippen LogP contribution in [-0.2, 0) is 27.1 Å². The normalized spacial score (nSPS) is 21.8. The molecule has 2 aromatic rings. The highest BCUT2D eigenvalue weighted by Gasteiger charge is 2.35. The largest absolute Gasteiger partial charge is 0.370 e. The number of hydrogen-bond donors (Lipinski definition) is 1. The van der Waals surface area contributed by atoms with Crippen molar-refractivity contribution in [2.75, 3.05) is 6.61 Å². The second-order valence-corrected chi connectivity index (χ2v) is 7.32. The van der Waals surface area contributed by atoms with Crippen molar-refractivity contribution in [1.82, 2.24) is 19.7 Å². The van der Waals surface area contributed by atoms with E-state index in [1.807, 2.05) is 17.7 Å². The summed E-state index contributed by atoms with van der Waals surface area (Å²) in [5.41, 5.74) is 1.28. The van der Waals surface area contributed by atoms with Crippen molar-refractivity contribution in [1.29, 1.82) is 0 Å². The summed E-state index contributed by atoms with van der Waals surface area (Å²) in [5, 5.41) is 7.95. The van der Waals surface area contributed by atoms with Gasteiger partial charge in [-0.3, -0.25) is 4.68 Å². The molecule has 8 nitrogen and oxygen atoms in total. The minimum atomic E-state index is -3.53. The average molecular weight is 340 g/mol. The van der Waals surface area contributed by atoms with Gasteiger partial charge in [-0.1, -0.05) is 5.16 Å². The molecule has 0 spiro atoms. The van der Waals surface area contributed by atoms with Gasteiger partial charge >= 0.3 is 0 Å². The predicted molar refractivity (Wildman–Crippen MR) is 82.0 cm³/mol. The van der Waals surface area contributed by atoms with Crippen LogP contribution in [0.3, 0.4) is 0 Å². The summed E-state index contributed by atoms with van der Waals surface area (Å²) >= 11 is 0. The number of hydrogen-bond acceptors (Lipinski definition) is 6. The number of sulfonamides is 1. The molecule has 2 aromatic heterocycles. The van der Waals surface area contributed by atoms with Gasteiger partial charge in [-0.2, -0.15) is 5.10 Å². The Balaban J connectivity index is 1.73. The first-order valence-electron chi connectivity index (χ1n) is 7.54. The maximum absolute atomic E-state index is 12.4. The Labute approximate surface area is 134 Å². The van der Waals surface area contributed by atoms with Gasteiger partial charge in [0.15, 0.2) is 0 Å². The monoisotopic (exact) mass is 340 g/mol. The van der Waals surface area contributed by atoms with Gasteiger partial charge in [-0.05, 0) is 26.3 Å². The number of rotatable bonds is 6. The van der Waals surface area contributed by atoms with Crippen molar-refractivity contribution in [3.63, 3.8) is 0 Å². The van der Waals surface area contributed by atoms with Crippen molar-refractivity contribution >= 4 is 10.0 Å². The van der Waals surface area contributed by atoms with Gasteiger partial charge in [0.05, 0.1) is 11.7 Å². The lowest BCUT2D eigenvalue weighted by molar-refractivity contribution is 0.0951. The molecule has 3 heterocycles. The van der Waals surface area contributed by atoms with Crippen molar-refractivity contribution in [3.8, 4) is 0 Å². The Morgan fingerprint density at radius 1 is 1.48 bits per heavy atom. The molecule has 0 aromatic carbocycles. The van der Waals surface area contributed by atoms with Crippen LogP contribution < -0.4 is 4.72 Å². The number of aromatic nitrogens is 3. The highest BCUT2D eigenvalue weighted by atomic mass is 32.2. The van der Waals surface area contributed by atoms with E-state index in [1.54, 1.807) is 19.2 Å². The topological polar surface area (TPSA) is 99.2 Å². The summed E-state index contributed by atoms with van der Waals surface area (Å²) in [6.45, 7) is 4.93. The fourth-order valence-corrected chi connectivity index (χ4v) is 4.11. The Bertz CT molecular complexity index is 767. The van der Waals surface area contributed by atoms with Crippen LogP contribution in [-0.4, -0.2) is 36.0 Å². The predicted octanol–water partition coefficient (Wildman–Crippen LogP) is 1.15. The van der Waals surface area contributed by atoms with Gasteiger partial charge < -0.3 is 9.26 Å². The first-order chi connectivity index (χ1) is 11.0. The molecule has 1 fully saturated rings. The van der Waals surface area contributed by atoms with E-state index in [0.29, 0.717) is 31.0 Å². The minimum Gasteiger partial charge on any atom is -0.370 e. The van der Waals surface area contributed by atoms with E-state index >= 15 is 0 Å². The molecule has 0 radical (unpaired) electrons. The molecule has 9 heteroatoms. The van der Waals surface area contributed by atoms with Crippen LogP contribution in [0.5, 0.6) is 0 Å². The lowest BCUT2D eigenvalue weighted by Gasteiger charge is -2.20. The quantitative estimate of drug-likeness (QED) is 0.847. The van der Waals surface area contributed by atoms with Crippen LogP contribution >= 0.6 is 0 Å². The van der Waals surface area contributed by atoms with Gasteiger partial charge in [-0.25, -0.2) is 13.1 Å². The first-order valence-corrected chi connectivity index (χ1v) is 9.19. The van der Waals surface area contributed by atoms with Gasteiger partial charge in [0.1, 0.15) is 23.3 Å². The second kappa shape index (κ2) is 6.42. The number of nitrogens with one attached hydrogen (secondary N) is 1. The maximum atomic E-state index is 12.4. The zero-order valence-electron chi connectivity index (χ0n) is 13.1. The van der Waals surface area contributed by atoms with Crippen LogP contribution in [0.1, 0.15) is 36.6 Å². The van der Waals surface area contributed by atoms with Crippen molar-refractivity contribution in [3.05, 3.63) is 35.5 Å². The zero-order chi connectivity index (χ0) is 16.4. The summed E-state index contributed by atoms with van der Waals surface area (Å²) in [5.74, 6) is 0.379. The van der Waals surface area contributed by atoms with Crippen molar-refractivity contribution in [2.45, 2.75) is 44.7 Å². The van der Waals surface area contributed by atoms with Crippen LogP contribution in [0.25, 0.3) is 0 Å². The van der Waals surface area contributed by atoms with Gasteiger partial charge in [0, 0.05) is 25.4 Å². The van der Waals surface area contributed by atoms with E-state index in [1.165, 1.54) is 0 Å². The van der Waals surface area contributed by atoms with E-state index < -0.39 is 10.0 Å². The Hall–Kier alpha value is -1.71. The molecular weight excluding hydrogens is 320 g/mol. The molecule has 1 aliphatic heterocycles. The molecule has 1 saturated heterocycles. The third-order valence-corrected chi connectivity index (χ3v) is 5.12. The second-order valence-electron chi connectivity index (χ2n) is 5.56. The van der Waals surface area contributed by atoms with Gasteiger partial charge in [0.25, 0.3) is 0 Å². The van der Waals surface area contributed by atoms with Crippen molar-refractivity contribution in [2.24, 2.45) is 0 Å². The van der Waals surface area contributed by atoms with Gasteiger partial charge in [0.2, 0.25) is 10.0 Å². The number of nitrogens with zero attached hydrogens (tertiary/aromatic N) is 3. The summed E-state index contributed by atoms with van der Waals surface area (Å²) in [4.78, 5) is 0. The molecule has 23 heavy (non-hydrogen) atoms. The van der Waals surface area contributed by atoms with Crippen molar-refractivity contribution < 1.29 is 17.7 Å². The fourth-order valence-electron chi connectivity index (χ4n) is 2.80. The van der Waals surface area contributed by atoms with E-state index in [9.17, 15) is 8.42 Å². The van der Waals surface area contributed by atoms with Crippen LogP contribution in [0.15, 0.2) is 22.9 Å². The lowest BCUT2D eigenvalue weighted by atomic mass is 10.1. The molecule has 0 unspecified atom stereocenters. The molecule has 0 saturated carbocycles. The molecule has 0 amide bonds.